The number of fused-ring (bicyclic) bond motifs is 1. The first kappa shape index (κ1) is 20.2. The van der Waals surface area contributed by atoms with Crippen molar-refractivity contribution in [2.45, 2.75) is 31.6 Å². The van der Waals surface area contributed by atoms with Gasteiger partial charge in [0.1, 0.15) is 11.6 Å². The molecule has 1 amide bonds. The quantitative estimate of drug-likeness (QED) is 0.636. The molecule has 1 aromatic carbocycles. The molecule has 1 saturated heterocycles. The summed E-state index contributed by atoms with van der Waals surface area (Å²) in [4.78, 5) is 36.4. The van der Waals surface area contributed by atoms with E-state index in [1.165, 1.54) is 0 Å². The number of amides is 1. The highest BCUT2D eigenvalue weighted by Crippen LogP contribution is 2.37. The summed E-state index contributed by atoms with van der Waals surface area (Å²) in [6, 6.07) is 13.4. The molecule has 0 spiro atoms. The number of anilines is 3. The number of hydrogen-bond donors (Lipinski definition) is 2. The molecule has 3 heterocycles. The number of nitrogens with one attached hydrogen (secondary N) is 1. The summed E-state index contributed by atoms with van der Waals surface area (Å²) >= 11 is 0. The Bertz CT molecular complexity index is 1120. The summed E-state index contributed by atoms with van der Waals surface area (Å²) in [5.74, 6) is 1.48. The Kier molecular flexibility index (Phi) is 5.34. The number of nitrogens with two attached hydrogens (primary N) is 1. The van der Waals surface area contributed by atoms with Crippen LogP contribution in [0.3, 0.4) is 0 Å². The summed E-state index contributed by atoms with van der Waals surface area (Å²) < 4.78 is 5.58. The molecule has 0 bridgehead atoms. The SMILES string of the molecule is NC(=O)C1CCN(c2nc3c(c(Nc4ccccc4)n2)C(=O)CC(c2ccco2)C3)CC1. The minimum absolute atomic E-state index is 0.00469. The maximum atomic E-state index is 13.2. The van der Waals surface area contributed by atoms with Crippen LogP contribution in [0.5, 0.6) is 0 Å². The lowest BCUT2D eigenvalue weighted by atomic mass is 9.84. The van der Waals surface area contributed by atoms with Crippen LogP contribution in [0.25, 0.3) is 0 Å². The number of nitrogens with zero attached hydrogens (tertiary/aromatic N) is 3. The lowest BCUT2D eigenvalue weighted by Gasteiger charge is -2.32. The zero-order chi connectivity index (χ0) is 22.1. The number of furan rings is 1. The molecule has 3 aromatic rings. The van der Waals surface area contributed by atoms with Gasteiger partial charge in [-0.25, -0.2) is 4.98 Å². The Morgan fingerprint density at radius 3 is 2.53 bits per heavy atom. The standard InChI is InChI=1S/C24H25N5O3/c25-22(31)15-8-10-29(11-9-15)24-27-18-13-16(20-7-4-12-32-20)14-19(30)21(18)23(28-24)26-17-5-2-1-3-6-17/h1-7,12,15-16H,8-11,13-14H2,(H2,25,31)(H,26,27,28). The van der Waals surface area contributed by atoms with Gasteiger partial charge in [-0.3, -0.25) is 9.59 Å². The second-order valence-electron chi connectivity index (χ2n) is 8.39. The van der Waals surface area contributed by atoms with E-state index in [9.17, 15) is 9.59 Å². The van der Waals surface area contributed by atoms with Gasteiger partial charge >= 0.3 is 0 Å². The van der Waals surface area contributed by atoms with E-state index in [1.54, 1.807) is 6.26 Å². The van der Waals surface area contributed by atoms with E-state index >= 15 is 0 Å². The van der Waals surface area contributed by atoms with E-state index in [0.717, 1.165) is 17.1 Å². The van der Waals surface area contributed by atoms with Gasteiger partial charge < -0.3 is 20.4 Å². The van der Waals surface area contributed by atoms with Gasteiger partial charge in [0.2, 0.25) is 11.9 Å². The van der Waals surface area contributed by atoms with Gasteiger partial charge in [0, 0.05) is 43.5 Å². The number of benzene rings is 1. The van der Waals surface area contributed by atoms with Crippen molar-refractivity contribution in [2.24, 2.45) is 11.7 Å². The van der Waals surface area contributed by atoms with Crippen molar-refractivity contribution in [3.8, 4) is 0 Å². The zero-order valence-corrected chi connectivity index (χ0v) is 17.7. The van der Waals surface area contributed by atoms with Crippen LogP contribution in [-0.4, -0.2) is 34.7 Å². The first-order valence-electron chi connectivity index (χ1n) is 10.9. The predicted molar refractivity (Wildman–Crippen MR) is 120 cm³/mol. The highest BCUT2D eigenvalue weighted by Gasteiger charge is 2.34. The molecule has 8 heteroatoms. The monoisotopic (exact) mass is 431 g/mol. The van der Waals surface area contributed by atoms with Gasteiger partial charge in [0.15, 0.2) is 5.78 Å². The number of Topliss-reactive ketones (excluding diaryl/α,β-unsaturated/α-hetero) is 1. The lowest BCUT2D eigenvalue weighted by Crippen LogP contribution is -2.39. The maximum Gasteiger partial charge on any atom is 0.227 e. The van der Waals surface area contributed by atoms with Crippen molar-refractivity contribution < 1.29 is 14.0 Å². The van der Waals surface area contributed by atoms with Gasteiger partial charge in [-0.2, -0.15) is 4.98 Å². The van der Waals surface area contributed by atoms with Crippen molar-refractivity contribution in [3.05, 3.63) is 65.7 Å². The molecule has 3 N–H and O–H groups in total. The summed E-state index contributed by atoms with van der Waals surface area (Å²) in [5.41, 5.74) is 7.61. The number of rotatable bonds is 5. The molecule has 1 atom stereocenters. The molecule has 2 aliphatic rings. The average Bonchev–Trinajstić information content (AvgIpc) is 3.34. The Morgan fingerprint density at radius 2 is 1.84 bits per heavy atom. The van der Waals surface area contributed by atoms with Crippen LogP contribution in [0.2, 0.25) is 0 Å². The molecule has 1 aliphatic carbocycles. The number of piperidine rings is 1. The van der Waals surface area contributed by atoms with Gasteiger partial charge in [0.05, 0.1) is 17.5 Å². The van der Waals surface area contributed by atoms with Crippen molar-refractivity contribution >= 4 is 29.1 Å². The summed E-state index contributed by atoms with van der Waals surface area (Å²) in [6.07, 6.45) is 3.93. The fourth-order valence-electron chi connectivity index (χ4n) is 4.55. The molecule has 32 heavy (non-hydrogen) atoms. The van der Waals surface area contributed by atoms with Crippen LogP contribution in [0.1, 0.15) is 47.0 Å². The van der Waals surface area contributed by atoms with E-state index in [0.29, 0.717) is 56.1 Å². The van der Waals surface area contributed by atoms with E-state index < -0.39 is 0 Å². The second kappa shape index (κ2) is 8.45. The first-order chi connectivity index (χ1) is 15.6. The van der Waals surface area contributed by atoms with Crippen molar-refractivity contribution in [2.75, 3.05) is 23.3 Å². The number of para-hydroxylation sites is 1. The Labute approximate surface area is 185 Å². The molecule has 0 saturated carbocycles. The summed E-state index contributed by atoms with van der Waals surface area (Å²) in [6.45, 7) is 1.29. The number of hydrogen-bond acceptors (Lipinski definition) is 7. The van der Waals surface area contributed by atoms with Crippen LogP contribution in [0, 0.1) is 5.92 Å². The van der Waals surface area contributed by atoms with Crippen LogP contribution >= 0.6 is 0 Å². The van der Waals surface area contributed by atoms with E-state index in [2.05, 4.69) is 10.2 Å². The molecule has 5 rings (SSSR count). The maximum absolute atomic E-state index is 13.2. The van der Waals surface area contributed by atoms with E-state index in [-0.39, 0.29) is 23.5 Å². The van der Waals surface area contributed by atoms with Crippen LogP contribution in [0.4, 0.5) is 17.5 Å². The Morgan fingerprint density at radius 1 is 1.06 bits per heavy atom. The topological polar surface area (TPSA) is 114 Å². The lowest BCUT2D eigenvalue weighted by molar-refractivity contribution is -0.122. The predicted octanol–water partition coefficient (Wildman–Crippen LogP) is 3.43. The third kappa shape index (κ3) is 3.95. The fraction of sp³-hybridized carbons (Fsp3) is 0.333. The third-order valence-corrected chi connectivity index (χ3v) is 6.28. The summed E-state index contributed by atoms with van der Waals surface area (Å²) in [5, 5.41) is 3.32. The molecule has 164 valence electrons. The number of carbonyl (C=O) groups is 2. The summed E-state index contributed by atoms with van der Waals surface area (Å²) in [7, 11) is 0. The fourth-order valence-corrected chi connectivity index (χ4v) is 4.55. The van der Waals surface area contributed by atoms with Gasteiger partial charge in [-0.15, -0.1) is 0 Å². The molecular formula is C24H25N5O3. The molecule has 0 radical (unpaired) electrons. The van der Waals surface area contributed by atoms with Crippen molar-refractivity contribution in [3.63, 3.8) is 0 Å². The minimum atomic E-state index is -0.255. The third-order valence-electron chi connectivity index (χ3n) is 6.28. The molecule has 8 nitrogen and oxygen atoms in total. The van der Waals surface area contributed by atoms with Crippen molar-refractivity contribution in [1.82, 2.24) is 9.97 Å². The van der Waals surface area contributed by atoms with E-state index in [1.807, 2.05) is 42.5 Å². The van der Waals surface area contributed by atoms with E-state index in [4.69, 9.17) is 20.1 Å². The zero-order valence-electron chi connectivity index (χ0n) is 17.7. The highest BCUT2D eigenvalue weighted by atomic mass is 16.3. The second-order valence-corrected chi connectivity index (χ2v) is 8.39. The van der Waals surface area contributed by atoms with Crippen LogP contribution < -0.4 is 16.0 Å². The molecule has 1 aliphatic heterocycles. The van der Waals surface area contributed by atoms with Crippen LogP contribution in [0.15, 0.2) is 53.1 Å². The molecular weight excluding hydrogens is 406 g/mol. The van der Waals surface area contributed by atoms with Gasteiger partial charge in [-0.1, -0.05) is 18.2 Å². The molecule has 1 fully saturated rings. The Balaban J connectivity index is 1.51. The number of ketones is 1. The van der Waals surface area contributed by atoms with Gasteiger partial charge in [0.25, 0.3) is 0 Å². The largest absolute Gasteiger partial charge is 0.469 e. The molecule has 2 aromatic heterocycles. The molecule has 1 unspecified atom stereocenters. The smallest absolute Gasteiger partial charge is 0.227 e. The van der Waals surface area contributed by atoms with Gasteiger partial charge in [-0.05, 0) is 37.1 Å². The first-order valence-corrected chi connectivity index (χ1v) is 10.9. The minimum Gasteiger partial charge on any atom is -0.469 e. The number of aromatic nitrogens is 2. The number of primary amides is 1. The highest BCUT2D eigenvalue weighted by molar-refractivity contribution is 6.03. The number of carbonyl (C=O) groups excluding carboxylic acids is 2. The average molecular weight is 431 g/mol. The van der Waals surface area contributed by atoms with Crippen molar-refractivity contribution in [1.29, 1.82) is 0 Å². The Hall–Kier alpha value is -3.68. The normalized spacial score (nSPS) is 18.9. The van der Waals surface area contributed by atoms with Crippen LogP contribution in [-0.2, 0) is 11.2 Å².